The topological polar surface area (TPSA) is 35.6 Å². The molecule has 0 fully saturated rings. The molecule has 3 aromatic heterocycles. The maximum Gasteiger partial charge on any atom is 0.235 e. The van der Waals surface area contributed by atoms with E-state index in [2.05, 4.69) is 167 Å². The molecule has 3 heterocycles. The molecule has 0 saturated carbocycles. The summed E-state index contributed by atoms with van der Waals surface area (Å²) in [4.78, 5) is 10.4. The normalized spacial score (nSPS) is 11.4. The van der Waals surface area contributed by atoms with Crippen LogP contribution in [-0.4, -0.2) is 19.1 Å². The summed E-state index contributed by atoms with van der Waals surface area (Å²) in [5.41, 5.74) is 11.0. The van der Waals surface area contributed by atoms with Gasteiger partial charge in [0.25, 0.3) is 0 Å². The molecule has 10 aromatic rings. The van der Waals surface area contributed by atoms with Gasteiger partial charge in [0, 0.05) is 38.2 Å². The summed E-state index contributed by atoms with van der Waals surface area (Å²) < 4.78 is 4.57. The third kappa shape index (κ3) is 4.68. The maximum absolute atomic E-state index is 5.23. The number of nitrogens with zero attached hydrogens (tertiary/aromatic N) is 4. The molecule has 7 aromatic carbocycles. The predicted molar refractivity (Wildman–Crippen MR) is 210 cm³/mol. The monoisotopic (exact) mass is 642 g/mol. The number of para-hydroxylation sites is 4. The van der Waals surface area contributed by atoms with E-state index in [4.69, 9.17) is 9.97 Å². The van der Waals surface area contributed by atoms with E-state index in [0.717, 1.165) is 38.9 Å². The Bertz CT molecular complexity index is 2830. The lowest BCUT2D eigenvalue weighted by Gasteiger charge is -2.12. The molecule has 10 rings (SSSR count). The third-order valence-corrected chi connectivity index (χ3v) is 9.53. The minimum Gasteiger partial charge on any atom is -0.309 e. The fourth-order valence-corrected chi connectivity index (χ4v) is 7.36. The molecule has 238 valence electrons. The first kappa shape index (κ1) is 29.6. The van der Waals surface area contributed by atoms with E-state index in [1.54, 1.807) is 0 Å². The Morgan fingerprint density at radius 2 is 0.840 bits per heavy atom. The van der Waals surface area contributed by atoms with Crippen LogP contribution in [0.4, 0.5) is 0 Å². The fourth-order valence-electron chi connectivity index (χ4n) is 7.36. The van der Waals surface area contributed by atoms with E-state index in [-0.39, 0.29) is 0 Å². The highest BCUT2D eigenvalue weighted by atomic mass is 15.2. The van der Waals surface area contributed by atoms with Gasteiger partial charge in [0.05, 0.1) is 33.3 Å². The Labute approximate surface area is 290 Å². The highest BCUT2D eigenvalue weighted by Gasteiger charge is 2.18. The molecule has 0 atom stereocenters. The maximum atomic E-state index is 5.23. The molecule has 0 spiro atoms. The lowest BCUT2D eigenvalue weighted by Crippen LogP contribution is -2.03. The van der Waals surface area contributed by atoms with Crippen molar-refractivity contribution in [3.63, 3.8) is 0 Å². The summed E-state index contributed by atoms with van der Waals surface area (Å²) in [5, 5.41) is 5.88. The summed E-state index contributed by atoms with van der Waals surface area (Å²) in [7, 11) is 0. The Kier molecular flexibility index (Phi) is 7.21. The highest BCUT2D eigenvalue weighted by Crippen LogP contribution is 2.38. The van der Waals surface area contributed by atoms with Crippen LogP contribution in [0.15, 0.2) is 170 Å². The van der Waals surface area contributed by atoms with Crippen molar-refractivity contribution in [1.29, 1.82) is 0 Å². The van der Waals surface area contributed by atoms with Gasteiger partial charge in [-0.15, -0.1) is 0 Å². The summed E-state index contributed by atoms with van der Waals surface area (Å²) in [6.07, 6.45) is 0. The summed E-state index contributed by atoms with van der Waals surface area (Å²) in [6.45, 7) is 4.00. The third-order valence-electron chi connectivity index (χ3n) is 9.53. The molecule has 0 aliphatic heterocycles. The van der Waals surface area contributed by atoms with Gasteiger partial charge in [-0.25, -0.2) is 9.97 Å². The van der Waals surface area contributed by atoms with Crippen LogP contribution in [0.25, 0.3) is 88.5 Å². The second-order valence-electron chi connectivity index (χ2n) is 12.3. The first-order valence-corrected chi connectivity index (χ1v) is 17.3. The molecule has 50 heavy (non-hydrogen) atoms. The summed E-state index contributed by atoms with van der Waals surface area (Å²) >= 11 is 0. The number of benzene rings is 7. The minimum atomic E-state index is 0.668. The Morgan fingerprint density at radius 3 is 1.48 bits per heavy atom. The molecule has 0 bridgehead atoms. The molecule has 0 saturated heterocycles. The van der Waals surface area contributed by atoms with Gasteiger partial charge in [0.1, 0.15) is 0 Å². The molecule has 4 heteroatoms. The molecular weight excluding hydrogens is 609 g/mol. The van der Waals surface area contributed by atoms with Crippen molar-refractivity contribution in [3.8, 4) is 34.0 Å². The van der Waals surface area contributed by atoms with E-state index >= 15 is 0 Å². The van der Waals surface area contributed by atoms with Crippen LogP contribution in [0.5, 0.6) is 0 Å². The van der Waals surface area contributed by atoms with Gasteiger partial charge in [0.15, 0.2) is 0 Å². The van der Waals surface area contributed by atoms with Crippen LogP contribution < -0.4 is 0 Å². The smallest absolute Gasteiger partial charge is 0.235 e. The number of rotatable bonds is 4. The molecule has 0 aliphatic carbocycles. The second-order valence-corrected chi connectivity index (χ2v) is 12.3. The quantitative estimate of drug-likeness (QED) is 0.191. The summed E-state index contributed by atoms with van der Waals surface area (Å²) in [5.74, 6) is 0.668. The van der Waals surface area contributed by atoms with Gasteiger partial charge in [-0.05, 0) is 65.7 Å². The predicted octanol–water partition coefficient (Wildman–Crippen LogP) is 12.2. The Balaban J connectivity index is 0.00000165. The first-order valence-electron chi connectivity index (χ1n) is 17.3. The van der Waals surface area contributed by atoms with Gasteiger partial charge in [-0.1, -0.05) is 129 Å². The molecule has 0 amide bonds. The number of hydrogen-bond acceptors (Lipinski definition) is 2. The van der Waals surface area contributed by atoms with Crippen molar-refractivity contribution in [1.82, 2.24) is 19.1 Å². The fraction of sp³-hybridized carbons (Fsp3) is 0.0435. The van der Waals surface area contributed by atoms with Gasteiger partial charge in [-0.2, -0.15) is 0 Å². The average Bonchev–Trinajstić information content (AvgIpc) is 3.71. The van der Waals surface area contributed by atoms with Crippen LogP contribution >= 0.6 is 0 Å². The van der Waals surface area contributed by atoms with E-state index in [0.29, 0.717) is 5.95 Å². The molecule has 0 radical (unpaired) electrons. The Morgan fingerprint density at radius 1 is 0.360 bits per heavy atom. The van der Waals surface area contributed by atoms with Crippen LogP contribution in [-0.2, 0) is 0 Å². The van der Waals surface area contributed by atoms with Gasteiger partial charge < -0.3 is 4.57 Å². The van der Waals surface area contributed by atoms with Crippen molar-refractivity contribution in [3.05, 3.63) is 170 Å². The highest BCUT2D eigenvalue weighted by molar-refractivity contribution is 6.12. The largest absolute Gasteiger partial charge is 0.309 e. The lowest BCUT2D eigenvalue weighted by atomic mass is 10.0. The standard InChI is InChI=1S/C44H28N4.C2H6/c1-3-13-29(14-4-1)43-35-19-7-10-20-38(35)45-44(46-43)48-40-22-12-9-18-34(40)37-28-31(24-26-42(37)48)30-23-25-41-36(27-30)33-17-8-11-21-39(33)47(41)32-15-5-2-6-16-32;1-2/h1-28H;1-2H3. The van der Waals surface area contributed by atoms with Crippen molar-refractivity contribution in [2.24, 2.45) is 0 Å². The summed E-state index contributed by atoms with van der Waals surface area (Å²) in [6, 6.07) is 60.2. The van der Waals surface area contributed by atoms with Gasteiger partial charge >= 0.3 is 0 Å². The van der Waals surface area contributed by atoms with E-state index < -0.39 is 0 Å². The lowest BCUT2D eigenvalue weighted by molar-refractivity contribution is 1.01. The van der Waals surface area contributed by atoms with Crippen molar-refractivity contribution in [2.75, 3.05) is 0 Å². The van der Waals surface area contributed by atoms with Crippen LogP contribution in [0.3, 0.4) is 0 Å². The van der Waals surface area contributed by atoms with Crippen molar-refractivity contribution >= 4 is 54.5 Å². The van der Waals surface area contributed by atoms with Gasteiger partial charge in [0.2, 0.25) is 5.95 Å². The number of fused-ring (bicyclic) bond motifs is 7. The molecule has 4 nitrogen and oxygen atoms in total. The number of aromatic nitrogens is 4. The minimum absolute atomic E-state index is 0.668. The van der Waals surface area contributed by atoms with Crippen molar-refractivity contribution in [2.45, 2.75) is 13.8 Å². The molecular formula is C46H34N4. The zero-order chi connectivity index (χ0) is 33.6. The molecule has 0 unspecified atom stereocenters. The van der Waals surface area contributed by atoms with Crippen LogP contribution in [0.2, 0.25) is 0 Å². The molecule has 0 aliphatic rings. The van der Waals surface area contributed by atoms with E-state index in [1.807, 2.05) is 26.0 Å². The second kappa shape index (κ2) is 12.2. The van der Waals surface area contributed by atoms with Crippen LogP contribution in [0, 0.1) is 0 Å². The van der Waals surface area contributed by atoms with Crippen LogP contribution in [0.1, 0.15) is 13.8 Å². The Hall–Kier alpha value is -6.52. The van der Waals surface area contributed by atoms with Crippen molar-refractivity contribution < 1.29 is 0 Å². The average molecular weight is 643 g/mol. The van der Waals surface area contributed by atoms with E-state index in [1.165, 1.54) is 43.7 Å². The van der Waals surface area contributed by atoms with Gasteiger partial charge in [-0.3, -0.25) is 4.57 Å². The first-order chi connectivity index (χ1) is 24.8. The van der Waals surface area contributed by atoms with E-state index in [9.17, 15) is 0 Å². The zero-order valence-corrected chi connectivity index (χ0v) is 28.0. The zero-order valence-electron chi connectivity index (χ0n) is 28.0. The SMILES string of the molecule is CC.c1ccc(-c2nc(-n3c4ccccc4c4cc(-c5ccc6c(c5)c5ccccc5n6-c5ccccc5)ccc43)nc3ccccc23)cc1. The molecule has 0 N–H and O–H groups in total. The number of hydrogen-bond donors (Lipinski definition) is 0.